The Bertz CT molecular complexity index is 253. The third-order valence-electron chi connectivity index (χ3n) is 3.59. The molecule has 0 radical (unpaired) electrons. The molecule has 2 rings (SSSR count). The number of amides is 1. The first-order valence-electron chi connectivity index (χ1n) is 6.32. The van der Waals surface area contributed by atoms with E-state index in [-0.39, 0.29) is 11.9 Å². The third-order valence-corrected chi connectivity index (χ3v) is 3.59. The molecule has 0 bridgehead atoms. The second-order valence-electron chi connectivity index (χ2n) is 5.16. The summed E-state index contributed by atoms with van der Waals surface area (Å²) >= 11 is 0. The average Bonchev–Trinajstić information content (AvgIpc) is 3.04. The number of hydrogen-bond donors (Lipinski definition) is 3. The number of carbonyl (C=O) groups is 1. The largest absolute Gasteiger partial charge is 0.390 e. The highest BCUT2D eigenvalue weighted by molar-refractivity contribution is 5.76. The van der Waals surface area contributed by atoms with Crippen molar-refractivity contribution in [1.82, 2.24) is 5.32 Å². The lowest BCUT2D eigenvalue weighted by Gasteiger charge is -2.24. The van der Waals surface area contributed by atoms with Gasteiger partial charge in [-0.3, -0.25) is 4.79 Å². The lowest BCUT2D eigenvalue weighted by molar-refractivity contribution is -0.123. The van der Waals surface area contributed by atoms with E-state index in [4.69, 9.17) is 0 Å². The molecular weight excluding hydrogens is 206 g/mol. The molecule has 0 unspecified atom stereocenters. The molecule has 2 aliphatic rings. The summed E-state index contributed by atoms with van der Waals surface area (Å²) in [5.74, 6) is 0.591. The molecule has 2 aliphatic carbocycles. The molecule has 0 aromatic rings. The SMILES string of the molecule is O=C(CC1CC1)N[C@@H]1CCCC[C@@H](O)[C@@H]1O. The Hall–Kier alpha value is -0.610. The van der Waals surface area contributed by atoms with E-state index >= 15 is 0 Å². The van der Waals surface area contributed by atoms with Crippen molar-refractivity contribution in [2.75, 3.05) is 0 Å². The van der Waals surface area contributed by atoms with Gasteiger partial charge in [-0.15, -0.1) is 0 Å². The number of rotatable bonds is 3. The Morgan fingerprint density at radius 1 is 1.12 bits per heavy atom. The standard InChI is InChI=1S/C12H21NO3/c14-10-4-2-1-3-9(12(10)16)13-11(15)7-8-5-6-8/h8-10,12,14,16H,1-7H2,(H,13,15)/t9-,10-,12-/m1/s1. The minimum Gasteiger partial charge on any atom is -0.390 e. The van der Waals surface area contributed by atoms with Gasteiger partial charge in [0.15, 0.2) is 0 Å². The number of aliphatic hydroxyl groups is 2. The molecule has 92 valence electrons. The van der Waals surface area contributed by atoms with E-state index in [1.54, 1.807) is 0 Å². The number of aliphatic hydroxyl groups excluding tert-OH is 2. The lowest BCUT2D eigenvalue weighted by atomic mass is 10.0. The smallest absolute Gasteiger partial charge is 0.220 e. The van der Waals surface area contributed by atoms with Crippen molar-refractivity contribution < 1.29 is 15.0 Å². The van der Waals surface area contributed by atoms with Crippen LogP contribution in [0.5, 0.6) is 0 Å². The molecule has 3 atom stereocenters. The van der Waals surface area contributed by atoms with Crippen molar-refractivity contribution in [2.24, 2.45) is 5.92 Å². The Morgan fingerprint density at radius 3 is 2.50 bits per heavy atom. The normalized spacial score (nSPS) is 35.5. The van der Waals surface area contributed by atoms with Gasteiger partial charge in [0.2, 0.25) is 5.91 Å². The number of nitrogens with one attached hydrogen (secondary N) is 1. The monoisotopic (exact) mass is 227 g/mol. The fraction of sp³-hybridized carbons (Fsp3) is 0.917. The highest BCUT2D eigenvalue weighted by Gasteiger charge is 2.31. The Kier molecular flexibility index (Phi) is 3.82. The maximum Gasteiger partial charge on any atom is 0.220 e. The van der Waals surface area contributed by atoms with Crippen LogP contribution in [0.3, 0.4) is 0 Å². The van der Waals surface area contributed by atoms with E-state index in [2.05, 4.69) is 5.32 Å². The van der Waals surface area contributed by atoms with Gasteiger partial charge >= 0.3 is 0 Å². The fourth-order valence-corrected chi connectivity index (χ4v) is 2.33. The van der Waals surface area contributed by atoms with Crippen LogP contribution < -0.4 is 5.32 Å². The first-order chi connectivity index (χ1) is 7.66. The predicted molar refractivity (Wildman–Crippen MR) is 59.8 cm³/mol. The summed E-state index contributed by atoms with van der Waals surface area (Å²) in [6.45, 7) is 0. The molecule has 3 N–H and O–H groups in total. The quantitative estimate of drug-likeness (QED) is 0.617. The van der Waals surface area contributed by atoms with Gasteiger partial charge in [0.05, 0.1) is 18.2 Å². The van der Waals surface area contributed by atoms with Crippen LogP contribution in [0.25, 0.3) is 0 Å². The first kappa shape index (κ1) is 11.9. The van der Waals surface area contributed by atoms with Gasteiger partial charge in [-0.25, -0.2) is 0 Å². The van der Waals surface area contributed by atoms with Crippen molar-refractivity contribution in [3.8, 4) is 0 Å². The molecular formula is C12H21NO3. The van der Waals surface area contributed by atoms with Crippen LogP contribution >= 0.6 is 0 Å². The van der Waals surface area contributed by atoms with E-state index in [9.17, 15) is 15.0 Å². The second kappa shape index (κ2) is 5.15. The summed E-state index contributed by atoms with van der Waals surface area (Å²) < 4.78 is 0. The van der Waals surface area contributed by atoms with Crippen LogP contribution in [-0.4, -0.2) is 34.4 Å². The van der Waals surface area contributed by atoms with E-state index < -0.39 is 12.2 Å². The van der Waals surface area contributed by atoms with Crippen LogP contribution in [0.1, 0.15) is 44.9 Å². The third kappa shape index (κ3) is 3.19. The van der Waals surface area contributed by atoms with Gasteiger partial charge in [-0.1, -0.05) is 12.8 Å². The zero-order valence-corrected chi connectivity index (χ0v) is 9.56. The topological polar surface area (TPSA) is 69.6 Å². The molecule has 0 saturated heterocycles. The molecule has 16 heavy (non-hydrogen) atoms. The summed E-state index contributed by atoms with van der Waals surface area (Å²) in [6, 6.07) is -0.260. The minimum atomic E-state index is -0.800. The highest BCUT2D eigenvalue weighted by atomic mass is 16.3. The van der Waals surface area contributed by atoms with E-state index in [0.717, 1.165) is 32.1 Å². The number of carbonyl (C=O) groups excluding carboxylic acids is 1. The van der Waals surface area contributed by atoms with Crippen molar-refractivity contribution in [3.63, 3.8) is 0 Å². The molecule has 0 aromatic carbocycles. The average molecular weight is 227 g/mol. The molecule has 4 heteroatoms. The highest BCUT2D eigenvalue weighted by Crippen LogP contribution is 2.32. The summed E-state index contributed by atoms with van der Waals surface area (Å²) in [6.07, 6.45) is 4.70. The van der Waals surface area contributed by atoms with Gasteiger partial charge in [0.25, 0.3) is 0 Å². The van der Waals surface area contributed by atoms with Crippen LogP contribution in [0, 0.1) is 5.92 Å². The van der Waals surface area contributed by atoms with E-state index in [1.807, 2.05) is 0 Å². The molecule has 1 amide bonds. The van der Waals surface area contributed by atoms with Crippen molar-refractivity contribution in [3.05, 3.63) is 0 Å². The van der Waals surface area contributed by atoms with Crippen molar-refractivity contribution >= 4 is 5.91 Å². The van der Waals surface area contributed by atoms with Crippen molar-refractivity contribution in [1.29, 1.82) is 0 Å². The molecule has 2 saturated carbocycles. The fourth-order valence-electron chi connectivity index (χ4n) is 2.33. The van der Waals surface area contributed by atoms with Crippen molar-refractivity contribution in [2.45, 2.75) is 63.2 Å². The molecule has 0 aromatic heterocycles. The van der Waals surface area contributed by atoms with Gasteiger partial charge in [0, 0.05) is 6.42 Å². The lowest BCUT2D eigenvalue weighted by Crippen LogP contribution is -2.47. The first-order valence-corrected chi connectivity index (χ1v) is 6.32. The maximum absolute atomic E-state index is 11.6. The molecule has 2 fully saturated rings. The second-order valence-corrected chi connectivity index (χ2v) is 5.16. The Balaban J connectivity index is 1.82. The van der Waals surface area contributed by atoms with Gasteiger partial charge < -0.3 is 15.5 Å². The zero-order valence-electron chi connectivity index (χ0n) is 9.56. The predicted octanol–water partition coefficient (Wildman–Crippen LogP) is 0.567. The van der Waals surface area contributed by atoms with Crippen LogP contribution in [-0.2, 0) is 4.79 Å². The number of hydrogen-bond acceptors (Lipinski definition) is 3. The maximum atomic E-state index is 11.6. The van der Waals surface area contributed by atoms with Crippen LogP contribution in [0.2, 0.25) is 0 Å². The molecule has 4 nitrogen and oxygen atoms in total. The summed E-state index contributed by atoms with van der Waals surface area (Å²) in [7, 11) is 0. The molecule has 0 heterocycles. The van der Waals surface area contributed by atoms with E-state index in [0.29, 0.717) is 18.8 Å². The zero-order chi connectivity index (χ0) is 11.5. The Morgan fingerprint density at radius 2 is 1.81 bits per heavy atom. The molecule has 0 spiro atoms. The summed E-state index contributed by atoms with van der Waals surface area (Å²) in [5.41, 5.74) is 0. The molecule has 0 aliphatic heterocycles. The summed E-state index contributed by atoms with van der Waals surface area (Å²) in [5, 5.41) is 22.3. The van der Waals surface area contributed by atoms with Crippen LogP contribution in [0.15, 0.2) is 0 Å². The van der Waals surface area contributed by atoms with Crippen LogP contribution in [0.4, 0.5) is 0 Å². The summed E-state index contributed by atoms with van der Waals surface area (Å²) in [4.78, 5) is 11.6. The van der Waals surface area contributed by atoms with Gasteiger partial charge in [0.1, 0.15) is 0 Å². The van der Waals surface area contributed by atoms with Gasteiger partial charge in [-0.2, -0.15) is 0 Å². The minimum absolute atomic E-state index is 0.0284. The van der Waals surface area contributed by atoms with Gasteiger partial charge in [-0.05, 0) is 31.6 Å². The Labute approximate surface area is 96.0 Å². The van der Waals surface area contributed by atoms with E-state index in [1.165, 1.54) is 0 Å².